The van der Waals surface area contributed by atoms with Gasteiger partial charge in [0.2, 0.25) is 0 Å². The SMILES string of the molecule is CC[C@@H](C)S(=O)(=O)C(C)(C)C(=O)Cc1cc(C(C)(C)CO)no1. The summed E-state index contributed by atoms with van der Waals surface area (Å²) in [5.41, 5.74) is -0.0475. The van der Waals surface area contributed by atoms with Crippen LogP contribution in [0.3, 0.4) is 0 Å². The van der Waals surface area contributed by atoms with E-state index in [0.717, 1.165) is 0 Å². The second-order valence-corrected chi connectivity index (χ2v) is 10.0. The lowest BCUT2D eigenvalue weighted by Gasteiger charge is -2.26. The zero-order valence-electron chi connectivity index (χ0n) is 14.7. The summed E-state index contributed by atoms with van der Waals surface area (Å²) in [6.45, 7) is 9.75. The van der Waals surface area contributed by atoms with Crippen molar-refractivity contribution in [3.63, 3.8) is 0 Å². The second-order valence-electron chi connectivity index (χ2n) is 7.09. The van der Waals surface area contributed by atoms with E-state index in [1.54, 1.807) is 33.8 Å². The van der Waals surface area contributed by atoms with Crippen molar-refractivity contribution in [3.8, 4) is 0 Å². The van der Waals surface area contributed by atoms with Crippen LogP contribution in [0.15, 0.2) is 10.6 Å². The van der Waals surface area contributed by atoms with Gasteiger partial charge in [-0.3, -0.25) is 4.79 Å². The molecule has 23 heavy (non-hydrogen) atoms. The Balaban J connectivity index is 3.00. The Labute approximate surface area is 138 Å². The first-order valence-corrected chi connectivity index (χ1v) is 9.28. The molecule has 0 fully saturated rings. The molecule has 132 valence electrons. The van der Waals surface area contributed by atoms with Gasteiger partial charge in [-0.25, -0.2) is 8.42 Å². The number of nitrogens with zero attached hydrogens (tertiary/aromatic N) is 1. The van der Waals surface area contributed by atoms with Gasteiger partial charge < -0.3 is 9.63 Å². The van der Waals surface area contributed by atoms with Crippen molar-refractivity contribution in [1.29, 1.82) is 0 Å². The number of aliphatic hydroxyl groups excluding tert-OH is 1. The zero-order valence-corrected chi connectivity index (χ0v) is 15.5. The number of sulfone groups is 1. The molecule has 1 N–H and O–H groups in total. The largest absolute Gasteiger partial charge is 0.395 e. The van der Waals surface area contributed by atoms with E-state index in [2.05, 4.69) is 5.16 Å². The van der Waals surface area contributed by atoms with Gasteiger partial charge >= 0.3 is 0 Å². The third kappa shape index (κ3) is 3.83. The van der Waals surface area contributed by atoms with Gasteiger partial charge in [-0.05, 0) is 27.2 Å². The van der Waals surface area contributed by atoms with E-state index in [9.17, 15) is 18.3 Å². The molecule has 0 spiro atoms. The summed E-state index contributed by atoms with van der Waals surface area (Å²) in [4.78, 5) is 12.5. The maximum Gasteiger partial charge on any atom is 0.165 e. The van der Waals surface area contributed by atoms with Crippen molar-refractivity contribution < 1.29 is 22.8 Å². The third-order valence-electron chi connectivity index (χ3n) is 4.47. The summed E-state index contributed by atoms with van der Waals surface area (Å²) < 4.78 is 28.7. The molecule has 0 aliphatic rings. The van der Waals surface area contributed by atoms with E-state index in [1.165, 1.54) is 13.8 Å². The smallest absolute Gasteiger partial charge is 0.165 e. The predicted octanol–water partition coefficient (Wildman–Crippen LogP) is 2.05. The molecule has 0 aromatic carbocycles. The fraction of sp³-hybridized carbons (Fsp3) is 0.750. The highest BCUT2D eigenvalue weighted by Gasteiger charge is 2.44. The topological polar surface area (TPSA) is 97.5 Å². The number of aliphatic hydroxyl groups is 1. The van der Waals surface area contributed by atoms with Crippen molar-refractivity contribution in [2.75, 3.05) is 6.61 Å². The molecule has 0 unspecified atom stereocenters. The first-order valence-electron chi connectivity index (χ1n) is 7.73. The first kappa shape index (κ1) is 19.8. The number of hydrogen-bond acceptors (Lipinski definition) is 6. The molecule has 6 nitrogen and oxygen atoms in total. The van der Waals surface area contributed by atoms with Gasteiger partial charge in [0, 0.05) is 11.5 Å². The van der Waals surface area contributed by atoms with Crippen molar-refractivity contribution in [2.45, 2.75) is 69.8 Å². The van der Waals surface area contributed by atoms with E-state index < -0.39 is 31.0 Å². The van der Waals surface area contributed by atoms with Crippen LogP contribution in [0, 0.1) is 0 Å². The first-order chi connectivity index (χ1) is 10.4. The Morgan fingerprint density at radius 2 is 1.91 bits per heavy atom. The van der Waals surface area contributed by atoms with Crippen molar-refractivity contribution in [3.05, 3.63) is 17.5 Å². The molecule has 7 heteroatoms. The van der Waals surface area contributed by atoms with Crippen LogP contribution < -0.4 is 0 Å². The van der Waals surface area contributed by atoms with Crippen LogP contribution >= 0.6 is 0 Å². The molecule has 1 rings (SSSR count). The van der Waals surface area contributed by atoms with E-state index in [-0.39, 0.29) is 13.0 Å². The van der Waals surface area contributed by atoms with Crippen LogP contribution in [-0.4, -0.2) is 41.1 Å². The summed E-state index contributed by atoms with van der Waals surface area (Å²) in [5.74, 6) is -0.124. The monoisotopic (exact) mass is 345 g/mol. The van der Waals surface area contributed by atoms with Crippen LogP contribution in [-0.2, 0) is 26.5 Å². The Hall–Kier alpha value is -1.21. The van der Waals surface area contributed by atoms with Crippen molar-refractivity contribution in [2.24, 2.45) is 0 Å². The van der Waals surface area contributed by atoms with Gasteiger partial charge in [0.05, 0.1) is 24.0 Å². The molecule has 1 heterocycles. The van der Waals surface area contributed by atoms with Gasteiger partial charge in [0.15, 0.2) is 15.6 Å². The summed E-state index contributed by atoms with van der Waals surface area (Å²) >= 11 is 0. The van der Waals surface area contributed by atoms with Crippen LogP contribution in [0.25, 0.3) is 0 Å². The van der Waals surface area contributed by atoms with Crippen LogP contribution in [0.4, 0.5) is 0 Å². The average Bonchev–Trinajstić information content (AvgIpc) is 2.95. The van der Waals surface area contributed by atoms with Gasteiger partial charge in [-0.2, -0.15) is 0 Å². The molecule has 1 atom stereocenters. The molecule has 0 radical (unpaired) electrons. The maximum atomic E-state index is 12.5. The summed E-state index contributed by atoms with van der Waals surface area (Å²) in [5, 5.41) is 12.6. The lowest BCUT2D eigenvalue weighted by atomic mass is 9.90. The molecular formula is C16H27NO5S. The van der Waals surface area contributed by atoms with Gasteiger partial charge in [-0.15, -0.1) is 0 Å². The molecule has 0 saturated heterocycles. The fourth-order valence-corrected chi connectivity index (χ4v) is 3.88. The maximum absolute atomic E-state index is 12.5. The van der Waals surface area contributed by atoms with E-state index in [4.69, 9.17) is 4.52 Å². The Morgan fingerprint density at radius 3 is 2.39 bits per heavy atom. The minimum absolute atomic E-state index is 0.110. The van der Waals surface area contributed by atoms with Crippen LogP contribution in [0.1, 0.15) is 59.4 Å². The van der Waals surface area contributed by atoms with Crippen LogP contribution in [0.2, 0.25) is 0 Å². The Kier molecular flexibility index (Phi) is 5.80. The zero-order chi connectivity index (χ0) is 18.1. The normalized spacial score (nSPS) is 14.7. The van der Waals surface area contributed by atoms with Crippen molar-refractivity contribution in [1.82, 2.24) is 5.16 Å². The van der Waals surface area contributed by atoms with Gasteiger partial charge in [-0.1, -0.05) is 25.9 Å². The number of carbonyl (C=O) groups is 1. The molecule has 0 saturated carbocycles. The number of carbonyl (C=O) groups excluding carboxylic acids is 1. The molecule has 1 aromatic heterocycles. The molecule has 0 aliphatic heterocycles. The number of aromatic nitrogens is 1. The molecule has 0 amide bonds. The highest BCUT2D eigenvalue weighted by Crippen LogP contribution is 2.27. The van der Waals surface area contributed by atoms with Crippen LogP contribution in [0.5, 0.6) is 0 Å². The van der Waals surface area contributed by atoms with E-state index in [1.807, 2.05) is 0 Å². The number of Topliss-reactive ketones (excluding diaryl/α,β-unsaturated/α-hetero) is 1. The lowest BCUT2D eigenvalue weighted by Crippen LogP contribution is -2.45. The van der Waals surface area contributed by atoms with Gasteiger partial charge in [0.25, 0.3) is 0 Å². The fourth-order valence-electron chi connectivity index (χ4n) is 2.05. The molecular weight excluding hydrogens is 318 g/mol. The van der Waals surface area contributed by atoms with E-state index >= 15 is 0 Å². The molecule has 0 bridgehead atoms. The number of hydrogen-bond donors (Lipinski definition) is 1. The molecule has 0 aliphatic carbocycles. The quantitative estimate of drug-likeness (QED) is 0.774. The minimum Gasteiger partial charge on any atom is -0.395 e. The summed E-state index contributed by atoms with van der Waals surface area (Å²) in [7, 11) is -3.59. The standard InChI is InChI=1S/C16H27NO5S/c1-7-11(2)23(20,21)16(5,6)14(19)9-12-8-13(17-22-12)15(3,4)10-18/h8,11,18H,7,9-10H2,1-6H3/t11-/m1/s1. The average molecular weight is 345 g/mol. The third-order valence-corrected chi connectivity index (χ3v) is 7.51. The predicted molar refractivity (Wildman–Crippen MR) is 88.1 cm³/mol. The Bertz CT molecular complexity index is 658. The molecule has 1 aromatic rings. The highest BCUT2D eigenvalue weighted by atomic mass is 32.2. The summed E-state index contributed by atoms with van der Waals surface area (Å²) in [6.07, 6.45) is 0.313. The van der Waals surface area contributed by atoms with Gasteiger partial charge in [0.1, 0.15) is 10.5 Å². The minimum atomic E-state index is -3.59. The summed E-state index contributed by atoms with van der Waals surface area (Å²) in [6, 6.07) is 1.60. The van der Waals surface area contributed by atoms with Crippen molar-refractivity contribution >= 4 is 15.6 Å². The number of ketones is 1. The Morgan fingerprint density at radius 1 is 1.35 bits per heavy atom. The van der Waals surface area contributed by atoms with E-state index in [0.29, 0.717) is 17.9 Å². The number of rotatable bonds is 8. The second kappa shape index (κ2) is 6.73. The highest BCUT2D eigenvalue weighted by molar-refractivity contribution is 7.94. The lowest BCUT2D eigenvalue weighted by molar-refractivity contribution is -0.120.